The zero-order valence-corrected chi connectivity index (χ0v) is 13.7. The van der Waals surface area contributed by atoms with Crippen molar-refractivity contribution in [2.24, 2.45) is 0 Å². The first-order valence-electron chi connectivity index (χ1n) is 7.30. The molecule has 0 unspecified atom stereocenters. The number of sulfonamides is 1. The Bertz CT molecular complexity index is 587. The van der Waals surface area contributed by atoms with Crippen molar-refractivity contribution in [1.29, 1.82) is 0 Å². The SMILES string of the molecule is CC(C)NS(=O)(=O)c1ccccc1N1CCC(C)(O)CC1. The normalized spacial score (nSPS) is 19.0. The van der Waals surface area contributed by atoms with Gasteiger partial charge in [0, 0.05) is 19.1 Å². The second kappa shape index (κ2) is 5.94. The predicted octanol–water partition coefficient (Wildman–Crippen LogP) is 1.72. The maximum atomic E-state index is 12.4. The molecule has 0 aromatic heterocycles. The van der Waals surface area contributed by atoms with E-state index in [0.29, 0.717) is 36.5 Å². The molecule has 0 atom stereocenters. The van der Waals surface area contributed by atoms with E-state index in [-0.39, 0.29) is 6.04 Å². The molecule has 6 heteroatoms. The number of anilines is 1. The highest BCUT2D eigenvalue weighted by molar-refractivity contribution is 7.89. The molecule has 1 aliphatic heterocycles. The molecule has 1 fully saturated rings. The highest BCUT2D eigenvalue weighted by atomic mass is 32.2. The van der Waals surface area contributed by atoms with Gasteiger partial charge in [-0.25, -0.2) is 13.1 Å². The van der Waals surface area contributed by atoms with Crippen molar-refractivity contribution in [2.45, 2.75) is 50.2 Å². The van der Waals surface area contributed by atoms with Crippen LogP contribution in [-0.4, -0.2) is 38.3 Å². The van der Waals surface area contributed by atoms with Gasteiger partial charge in [-0.3, -0.25) is 0 Å². The van der Waals surface area contributed by atoms with E-state index in [1.807, 2.05) is 24.0 Å². The van der Waals surface area contributed by atoms with Crippen molar-refractivity contribution in [2.75, 3.05) is 18.0 Å². The average Bonchev–Trinajstić information content (AvgIpc) is 2.37. The number of para-hydroxylation sites is 1. The first-order chi connectivity index (χ1) is 9.71. The fourth-order valence-electron chi connectivity index (χ4n) is 2.55. The van der Waals surface area contributed by atoms with Gasteiger partial charge in [0.2, 0.25) is 10.0 Å². The molecule has 1 saturated heterocycles. The Balaban J connectivity index is 2.30. The van der Waals surface area contributed by atoms with Gasteiger partial charge in [0.05, 0.1) is 11.3 Å². The smallest absolute Gasteiger partial charge is 0.242 e. The molecule has 1 aromatic rings. The largest absolute Gasteiger partial charge is 0.390 e. The van der Waals surface area contributed by atoms with Crippen molar-refractivity contribution < 1.29 is 13.5 Å². The van der Waals surface area contributed by atoms with Gasteiger partial charge in [-0.1, -0.05) is 12.1 Å². The van der Waals surface area contributed by atoms with Crippen LogP contribution in [0, 0.1) is 0 Å². The number of hydrogen-bond donors (Lipinski definition) is 2. The fraction of sp³-hybridized carbons (Fsp3) is 0.600. The van der Waals surface area contributed by atoms with Gasteiger partial charge in [-0.15, -0.1) is 0 Å². The number of nitrogens with one attached hydrogen (secondary N) is 1. The predicted molar refractivity (Wildman–Crippen MR) is 84.0 cm³/mol. The van der Waals surface area contributed by atoms with E-state index in [1.165, 1.54) is 0 Å². The zero-order chi connectivity index (χ0) is 15.7. The molecule has 1 heterocycles. The molecular formula is C15H24N2O3S. The van der Waals surface area contributed by atoms with Crippen molar-refractivity contribution in [3.8, 4) is 0 Å². The molecule has 118 valence electrons. The molecule has 2 N–H and O–H groups in total. The molecule has 21 heavy (non-hydrogen) atoms. The molecular weight excluding hydrogens is 288 g/mol. The van der Waals surface area contributed by atoms with E-state index in [4.69, 9.17) is 0 Å². The van der Waals surface area contributed by atoms with Crippen LogP contribution in [0.3, 0.4) is 0 Å². The summed E-state index contributed by atoms with van der Waals surface area (Å²) < 4.78 is 27.5. The van der Waals surface area contributed by atoms with Gasteiger partial charge in [-0.05, 0) is 45.7 Å². The Labute approximate surface area is 127 Å². The molecule has 1 aliphatic rings. The Hall–Kier alpha value is -1.11. The number of piperidine rings is 1. The average molecular weight is 312 g/mol. The summed E-state index contributed by atoms with van der Waals surface area (Å²) in [5.74, 6) is 0. The maximum Gasteiger partial charge on any atom is 0.242 e. The third-order valence-corrected chi connectivity index (χ3v) is 5.43. The van der Waals surface area contributed by atoms with Crippen LogP contribution in [0.15, 0.2) is 29.2 Å². The second-order valence-corrected chi connectivity index (χ2v) is 7.91. The summed E-state index contributed by atoms with van der Waals surface area (Å²) in [7, 11) is -3.52. The van der Waals surface area contributed by atoms with E-state index in [1.54, 1.807) is 26.0 Å². The van der Waals surface area contributed by atoms with E-state index < -0.39 is 15.6 Å². The van der Waals surface area contributed by atoms with Crippen molar-refractivity contribution in [3.63, 3.8) is 0 Å². The van der Waals surface area contributed by atoms with Crippen molar-refractivity contribution in [3.05, 3.63) is 24.3 Å². The van der Waals surface area contributed by atoms with Gasteiger partial charge in [0.1, 0.15) is 4.90 Å². The lowest BCUT2D eigenvalue weighted by Crippen LogP contribution is -2.43. The lowest BCUT2D eigenvalue weighted by atomic mass is 9.93. The third-order valence-electron chi connectivity index (χ3n) is 3.73. The van der Waals surface area contributed by atoms with Crippen LogP contribution in [0.2, 0.25) is 0 Å². The van der Waals surface area contributed by atoms with Crippen molar-refractivity contribution >= 4 is 15.7 Å². The molecule has 0 saturated carbocycles. The second-order valence-electron chi connectivity index (χ2n) is 6.23. The molecule has 2 rings (SSSR count). The summed E-state index contributed by atoms with van der Waals surface area (Å²) in [6.07, 6.45) is 1.28. The first-order valence-corrected chi connectivity index (χ1v) is 8.78. The minimum Gasteiger partial charge on any atom is -0.390 e. The van der Waals surface area contributed by atoms with Crippen molar-refractivity contribution in [1.82, 2.24) is 4.72 Å². The fourth-order valence-corrected chi connectivity index (χ4v) is 4.03. The Morgan fingerprint density at radius 1 is 1.24 bits per heavy atom. The Morgan fingerprint density at radius 2 is 1.81 bits per heavy atom. The van der Waals surface area contributed by atoms with E-state index >= 15 is 0 Å². The maximum absolute atomic E-state index is 12.4. The molecule has 0 spiro atoms. The lowest BCUT2D eigenvalue weighted by Gasteiger charge is -2.37. The topological polar surface area (TPSA) is 69.6 Å². The molecule has 1 aromatic carbocycles. The van der Waals surface area contributed by atoms with Crippen LogP contribution in [-0.2, 0) is 10.0 Å². The summed E-state index contributed by atoms with van der Waals surface area (Å²) in [5, 5.41) is 10.0. The quantitative estimate of drug-likeness (QED) is 0.888. The van der Waals surface area contributed by atoms with E-state index in [9.17, 15) is 13.5 Å². The molecule has 0 amide bonds. The van der Waals surface area contributed by atoms with Gasteiger partial charge >= 0.3 is 0 Å². The summed E-state index contributed by atoms with van der Waals surface area (Å²) in [4.78, 5) is 2.34. The van der Waals surface area contributed by atoms with Gasteiger partial charge in [0.15, 0.2) is 0 Å². The highest BCUT2D eigenvalue weighted by Gasteiger charge is 2.30. The summed E-state index contributed by atoms with van der Waals surface area (Å²) >= 11 is 0. The Kier molecular flexibility index (Phi) is 4.60. The molecule has 0 radical (unpaired) electrons. The van der Waals surface area contributed by atoms with Crippen LogP contribution < -0.4 is 9.62 Å². The highest BCUT2D eigenvalue weighted by Crippen LogP contribution is 2.30. The lowest BCUT2D eigenvalue weighted by molar-refractivity contribution is 0.0350. The van der Waals surface area contributed by atoms with E-state index in [0.717, 1.165) is 0 Å². The Morgan fingerprint density at radius 3 is 2.38 bits per heavy atom. The number of nitrogens with zero attached hydrogens (tertiary/aromatic N) is 1. The van der Waals surface area contributed by atoms with E-state index in [2.05, 4.69) is 4.72 Å². The monoisotopic (exact) mass is 312 g/mol. The summed E-state index contributed by atoms with van der Waals surface area (Å²) in [6.45, 7) is 6.74. The third kappa shape index (κ3) is 3.96. The van der Waals surface area contributed by atoms with Gasteiger partial charge < -0.3 is 10.0 Å². The number of benzene rings is 1. The van der Waals surface area contributed by atoms with Crippen LogP contribution in [0.5, 0.6) is 0 Å². The van der Waals surface area contributed by atoms with Crippen LogP contribution >= 0.6 is 0 Å². The summed E-state index contributed by atoms with van der Waals surface area (Å²) in [6, 6.07) is 6.89. The number of hydrogen-bond acceptors (Lipinski definition) is 4. The van der Waals surface area contributed by atoms with Crippen LogP contribution in [0.4, 0.5) is 5.69 Å². The van der Waals surface area contributed by atoms with Gasteiger partial charge in [-0.2, -0.15) is 0 Å². The minimum absolute atomic E-state index is 0.148. The first kappa shape index (κ1) is 16.3. The molecule has 5 nitrogen and oxygen atoms in total. The summed E-state index contributed by atoms with van der Waals surface area (Å²) in [5.41, 5.74) is 0.0571. The minimum atomic E-state index is -3.52. The number of rotatable bonds is 4. The number of aliphatic hydroxyl groups is 1. The molecule has 0 aliphatic carbocycles. The zero-order valence-electron chi connectivity index (χ0n) is 12.8. The standard InChI is InChI=1S/C15H24N2O3S/c1-12(2)16-21(19,20)14-7-5-4-6-13(14)17-10-8-15(3,18)9-11-17/h4-7,12,16,18H,8-11H2,1-3H3. The van der Waals surface area contributed by atoms with Gasteiger partial charge in [0.25, 0.3) is 0 Å². The van der Waals surface area contributed by atoms with Crippen LogP contribution in [0.25, 0.3) is 0 Å². The molecule has 0 bridgehead atoms. The van der Waals surface area contributed by atoms with Crippen LogP contribution in [0.1, 0.15) is 33.6 Å².